The lowest BCUT2D eigenvalue weighted by molar-refractivity contribution is 0.470. The highest BCUT2D eigenvalue weighted by Crippen LogP contribution is 2.28. The first-order valence-electron chi connectivity index (χ1n) is 7.02. The molecule has 0 saturated carbocycles. The summed E-state index contributed by atoms with van der Waals surface area (Å²) >= 11 is 0. The summed E-state index contributed by atoms with van der Waals surface area (Å²) in [5.74, 6) is 0.718. The van der Waals surface area contributed by atoms with Gasteiger partial charge in [-0.2, -0.15) is 5.10 Å². The highest BCUT2D eigenvalue weighted by atomic mass is 32.2. The molecule has 0 radical (unpaired) electrons. The Morgan fingerprint density at radius 2 is 2.26 bits per heavy atom. The Balaban J connectivity index is 1.89. The van der Waals surface area contributed by atoms with Gasteiger partial charge in [-0.15, -0.1) is 0 Å². The van der Waals surface area contributed by atoms with Crippen LogP contribution in [-0.2, 0) is 24.3 Å². The molecular formula is C14H25N3OS. The molecule has 19 heavy (non-hydrogen) atoms. The van der Waals surface area contributed by atoms with Crippen LogP contribution in [0.5, 0.6) is 0 Å². The van der Waals surface area contributed by atoms with Crippen molar-refractivity contribution >= 4 is 10.8 Å². The van der Waals surface area contributed by atoms with Gasteiger partial charge in [-0.1, -0.05) is 0 Å². The van der Waals surface area contributed by atoms with E-state index in [1.807, 2.05) is 32.5 Å². The van der Waals surface area contributed by atoms with E-state index >= 15 is 0 Å². The Labute approximate surface area is 118 Å². The first-order valence-corrected chi connectivity index (χ1v) is 8.34. The third-order valence-corrected chi connectivity index (χ3v) is 5.52. The molecule has 1 aromatic rings. The minimum absolute atomic E-state index is 0.117. The number of fused-ring (bicyclic) bond motifs is 1. The maximum absolute atomic E-state index is 12.0. The van der Waals surface area contributed by atoms with Gasteiger partial charge in [0, 0.05) is 52.7 Å². The zero-order chi connectivity index (χ0) is 14.0. The molecular weight excluding hydrogens is 258 g/mol. The average molecular weight is 283 g/mol. The lowest BCUT2D eigenvalue weighted by Gasteiger charge is -2.24. The fourth-order valence-corrected chi connectivity index (χ4v) is 3.43. The summed E-state index contributed by atoms with van der Waals surface area (Å²) < 4.78 is 13.8. The second-order valence-electron chi connectivity index (χ2n) is 6.27. The van der Waals surface area contributed by atoms with E-state index in [0.29, 0.717) is 6.04 Å². The highest BCUT2D eigenvalue weighted by Gasteiger charge is 2.23. The van der Waals surface area contributed by atoms with Crippen LogP contribution in [0.2, 0.25) is 0 Å². The lowest BCUT2D eigenvalue weighted by atomic mass is 9.93. The molecule has 2 unspecified atom stereocenters. The van der Waals surface area contributed by atoms with E-state index < -0.39 is 10.8 Å². The molecule has 0 fully saturated rings. The van der Waals surface area contributed by atoms with Gasteiger partial charge in [0.1, 0.15) is 0 Å². The van der Waals surface area contributed by atoms with E-state index in [4.69, 9.17) is 0 Å². The Hall–Kier alpha value is -0.680. The summed E-state index contributed by atoms with van der Waals surface area (Å²) in [7, 11) is 1.20. The zero-order valence-electron chi connectivity index (χ0n) is 12.4. The molecule has 0 amide bonds. The molecule has 5 heteroatoms. The Kier molecular flexibility index (Phi) is 4.46. The number of nitrogens with one attached hydrogen (secondary N) is 1. The van der Waals surface area contributed by atoms with Gasteiger partial charge in [-0.25, -0.2) is 0 Å². The van der Waals surface area contributed by atoms with E-state index in [0.717, 1.165) is 25.1 Å². The van der Waals surface area contributed by atoms with Crippen LogP contribution in [0.4, 0.5) is 0 Å². The molecule has 0 bridgehead atoms. The van der Waals surface area contributed by atoms with Gasteiger partial charge < -0.3 is 5.32 Å². The fraction of sp³-hybridized carbons (Fsp3) is 0.786. The van der Waals surface area contributed by atoms with Gasteiger partial charge >= 0.3 is 0 Å². The number of aromatic nitrogens is 2. The topological polar surface area (TPSA) is 46.9 Å². The van der Waals surface area contributed by atoms with Crippen LogP contribution in [0.25, 0.3) is 0 Å². The van der Waals surface area contributed by atoms with Crippen LogP contribution in [0.3, 0.4) is 0 Å². The summed E-state index contributed by atoms with van der Waals surface area (Å²) in [6.45, 7) is 6.90. The predicted octanol–water partition coefficient (Wildman–Crippen LogP) is 1.93. The van der Waals surface area contributed by atoms with Crippen molar-refractivity contribution in [2.45, 2.75) is 50.8 Å². The predicted molar refractivity (Wildman–Crippen MR) is 79.7 cm³/mol. The standard InChI is InChI=1S/C14H25N3OS/c1-14(2,3)19(18)9-8-15-12-6-5-7-13-11(12)10-17(4)16-13/h10,12,15H,5-9H2,1-4H3. The molecule has 1 aromatic heterocycles. The molecule has 0 spiro atoms. The number of hydrogen-bond donors (Lipinski definition) is 1. The fourth-order valence-electron chi connectivity index (χ4n) is 2.51. The van der Waals surface area contributed by atoms with Crippen molar-refractivity contribution in [2.24, 2.45) is 7.05 Å². The molecule has 0 aliphatic heterocycles. The molecule has 0 aromatic carbocycles. The molecule has 108 valence electrons. The van der Waals surface area contributed by atoms with Crippen LogP contribution in [0, 0.1) is 0 Å². The SMILES string of the molecule is Cn1cc2c(n1)CCCC2NCCS(=O)C(C)(C)C. The van der Waals surface area contributed by atoms with Gasteiger partial charge in [-0.05, 0) is 40.0 Å². The summed E-state index contributed by atoms with van der Waals surface area (Å²) in [5, 5.41) is 8.05. The Morgan fingerprint density at radius 1 is 1.53 bits per heavy atom. The number of hydrogen-bond acceptors (Lipinski definition) is 3. The largest absolute Gasteiger partial charge is 0.309 e. The zero-order valence-corrected chi connectivity index (χ0v) is 13.2. The van der Waals surface area contributed by atoms with E-state index in [9.17, 15) is 4.21 Å². The first kappa shape index (κ1) is 14.7. The monoisotopic (exact) mass is 283 g/mol. The molecule has 1 aliphatic carbocycles. The van der Waals surface area contributed by atoms with Crippen molar-refractivity contribution < 1.29 is 4.21 Å². The number of aryl methyl sites for hydroxylation is 2. The van der Waals surface area contributed by atoms with Crippen molar-refractivity contribution in [3.8, 4) is 0 Å². The van der Waals surface area contributed by atoms with Gasteiger partial charge in [0.25, 0.3) is 0 Å². The minimum Gasteiger partial charge on any atom is -0.309 e. The molecule has 1 aliphatic rings. The van der Waals surface area contributed by atoms with Crippen LogP contribution in [0.15, 0.2) is 6.20 Å². The van der Waals surface area contributed by atoms with Crippen molar-refractivity contribution in [3.63, 3.8) is 0 Å². The van der Waals surface area contributed by atoms with Gasteiger partial charge in [0.2, 0.25) is 0 Å². The third-order valence-electron chi connectivity index (χ3n) is 3.58. The van der Waals surface area contributed by atoms with Crippen LogP contribution in [-0.4, -0.2) is 31.0 Å². The summed E-state index contributed by atoms with van der Waals surface area (Å²) in [6.07, 6.45) is 5.54. The quantitative estimate of drug-likeness (QED) is 0.918. The second-order valence-corrected chi connectivity index (χ2v) is 8.59. The molecule has 1 heterocycles. The van der Waals surface area contributed by atoms with Crippen LogP contribution < -0.4 is 5.32 Å². The first-order chi connectivity index (χ1) is 8.88. The summed E-state index contributed by atoms with van der Waals surface area (Å²) in [4.78, 5) is 0. The average Bonchev–Trinajstić information content (AvgIpc) is 2.68. The van der Waals surface area contributed by atoms with E-state index in [1.54, 1.807) is 0 Å². The van der Waals surface area contributed by atoms with Crippen LogP contribution in [0.1, 0.15) is 50.9 Å². The van der Waals surface area contributed by atoms with E-state index in [2.05, 4.69) is 16.6 Å². The number of nitrogens with zero attached hydrogens (tertiary/aromatic N) is 2. The van der Waals surface area contributed by atoms with Gasteiger partial charge in [-0.3, -0.25) is 8.89 Å². The summed E-state index contributed by atoms with van der Waals surface area (Å²) in [5.41, 5.74) is 2.55. The molecule has 2 atom stereocenters. The molecule has 1 N–H and O–H groups in total. The highest BCUT2D eigenvalue weighted by molar-refractivity contribution is 7.86. The third kappa shape index (κ3) is 3.66. The number of rotatable bonds is 4. The van der Waals surface area contributed by atoms with Crippen molar-refractivity contribution in [3.05, 3.63) is 17.5 Å². The van der Waals surface area contributed by atoms with Crippen molar-refractivity contribution in [1.29, 1.82) is 0 Å². The minimum atomic E-state index is -0.778. The second kappa shape index (κ2) is 5.75. The summed E-state index contributed by atoms with van der Waals surface area (Å²) in [6, 6.07) is 0.384. The molecule has 4 nitrogen and oxygen atoms in total. The van der Waals surface area contributed by atoms with E-state index in [1.165, 1.54) is 17.7 Å². The maximum Gasteiger partial charge on any atom is 0.0672 e. The van der Waals surface area contributed by atoms with Crippen molar-refractivity contribution in [2.75, 3.05) is 12.3 Å². The molecule has 2 rings (SSSR count). The smallest absolute Gasteiger partial charge is 0.0672 e. The Morgan fingerprint density at radius 3 is 2.95 bits per heavy atom. The van der Waals surface area contributed by atoms with E-state index in [-0.39, 0.29) is 4.75 Å². The van der Waals surface area contributed by atoms with Crippen molar-refractivity contribution in [1.82, 2.24) is 15.1 Å². The van der Waals surface area contributed by atoms with Gasteiger partial charge in [0.15, 0.2) is 0 Å². The maximum atomic E-state index is 12.0. The van der Waals surface area contributed by atoms with Gasteiger partial charge in [0.05, 0.1) is 5.69 Å². The lowest BCUT2D eigenvalue weighted by Crippen LogP contribution is -2.32. The Bertz CT molecular complexity index is 462. The normalized spacial score (nSPS) is 21.2. The molecule has 0 saturated heterocycles. The van der Waals surface area contributed by atoms with Crippen LogP contribution >= 0.6 is 0 Å².